The Bertz CT molecular complexity index is 633. The molecule has 2 aromatic heterocycles. The average molecular weight is 273 g/mol. The number of anilines is 2. The Balaban J connectivity index is 2.27. The summed E-state index contributed by atoms with van der Waals surface area (Å²) >= 11 is 0. The summed E-state index contributed by atoms with van der Waals surface area (Å²) in [5.41, 5.74) is 7.27. The quantitative estimate of drug-likeness (QED) is 0.883. The smallest absolute Gasteiger partial charge is 0.269 e. The summed E-state index contributed by atoms with van der Waals surface area (Å²) < 4.78 is 1.39. The van der Waals surface area contributed by atoms with Gasteiger partial charge >= 0.3 is 0 Å². The van der Waals surface area contributed by atoms with Crippen molar-refractivity contribution in [2.45, 2.75) is 20.4 Å². The van der Waals surface area contributed by atoms with Gasteiger partial charge in [0, 0.05) is 30.9 Å². The fraction of sp³-hybridized carbons (Fsp3) is 0.357. The van der Waals surface area contributed by atoms with E-state index in [0.29, 0.717) is 12.4 Å². The maximum absolute atomic E-state index is 12.1. The van der Waals surface area contributed by atoms with Gasteiger partial charge < -0.3 is 10.6 Å². The number of pyridine rings is 1. The molecule has 0 fully saturated rings. The van der Waals surface area contributed by atoms with E-state index < -0.39 is 0 Å². The molecule has 0 aliphatic heterocycles. The van der Waals surface area contributed by atoms with E-state index in [0.717, 1.165) is 24.3 Å². The van der Waals surface area contributed by atoms with Crippen molar-refractivity contribution in [1.29, 1.82) is 0 Å². The van der Waals surface area contributed by atoms with Crippen LogP contribution in [0.25, 0.3) is 0 Å². The lowest BCUT2D eigenvalue weighted by atomic mass is 10.2. The molecule has 0 aliphatic rings. The van der Waals surface area contributed by atoms with E-state index >= 15 is 0 Å². The lowest BCUT2D eigenvalue weighted by molar-refractivity contribution is 0.636. The Hall–Kier alpha value is -2.37. The maximum atomic E-state index is 12.1. The fourth-order valence-electron chi connectivity index (χ4n) is 2.05. The van der Waals surface area contributed by atoms with E-state index in [2.05, 4.69) is 15.0 Å². The number of hydrogen-bond donors (Lipinski definition) is 1. The highest BCUT2D eigenvalue weighted by Crippen LogP contribution is 2.10. The van der Waals surface area contributed by atoms with Gasteiger partial charge in [-0.05, 0) is 19.9 Å². The second kappa shape index (κ2) is 6.18. The molecule has 2 aromatic rings. The molecular formula is C14H19N5O. The SMILES string of the molecule is CCN(CC)c1cnn(Cc2cccnc2N)c(=O)c1. The lowest BCUT2D eigenvalue weighted by Gasteiger charge is -2.20. The number of nitrogens with zero attached hydrogens (tertiary/aromatic N) is 4. The first-order valence-electron chi connectivity index (χ1n) is 6.67. The number of hydrogen-bond acceptors (Lipinski definition) is 5. The minimum atomic E-state index is -0.141. The maximum Gasteiger partial charge on any atom is 0.269 e. The molecule has 0 amide bonds. The predicted octanol–water partition coefficient (Wildman–Crippen LogP) is 1.11. The molecular weight excluding hydrogens is 254 g/mol. The van der Waals surface area contributed by atoms with Crippen LogP contribution in [0.1, 0.15) is 19.4 Å². The van der Waals surface area contributed by atoms with Gasteiger partial charge in [-0.1, -0.05) is 6.07 Å². The summed E-state index contributed by atoms with van der Waals surface area (Å²) in [5.74, 6) is 0.425. The number of nitrogen functional groups attached to an aromatic ring is 1. The number of aromatic nitrogens is 3. The summed E-state index contributed by atoms with van der Waals surface area (Å²) in [7, 11) is 0. The van der Waals surface area contributed by atoms with Crippen LogP contribution in [-0.4, -0.2) is 27.9 Å². The van der Waals surface area contributed by atoms with Crippen molar-refractivity contribution in [3.05, 3.63) is 46.5 Å². The molecule has 0 saturated carbocycles. The molecule has 6 nitrogen and oxygen atoms in total. The van der Waals surface area contributed by atoms with E-state index in [4.69, 9.17) is 5.73 Å². The third kappa shape index (κ3) is 2.96. The molecule has 0 atom stereocenters. The van der Waals surface area contributed by atoms with Gasteiger partial charge in [0.05, 0.1) is 18.4 Å². The number of nitrogens with two attached hydrogens (primary N) is 1. The molecule has 2 rings (SSSR count). The molecule has 2 N–H and O–H groups in total. The zero-order chi connectivity index (χ0) is 14.5. The van der Waals surface area contributed by atoms with Crippen LogP contribution in [-0.2, 0) is 6.54 Å². The van der Waals surface area contributed by atoms with Gasteiger partial charge in [0.15, 0.2) is 0 Å². The molecule has 6 heteroatoms. The first-order chi connectivity index (χ1) is 9.65. The van der Waals surface area contributed by atoms with Crippen LogP contribution >= 0.6 is 0 Å². The van der Waals surface area contributed by atoms with Gasteiger partial charge in [-0.15, -0.1) is 0 Å². The van der Waals surface area contributed by atoms with Gasteiger partial charge in [0.1, 0.15) is 5.82 Å². The average Bonchev–Trinajstić information content (AvgIpc) is 2.45. The third-order valence-electron chi connectivity index (χ3n) is 3.23. The van der Waals surface area contributed by atoms with E-state index in [1.165, 1.54) is 4.68 Å². The highest BCUT2D eigenvalue weighted by atomic mass is 16.1. The van der Waals surface area contributed by atoms with Crippen molar-refractivity contribution in [3.63, 3.8) is 0 Å². The first kappa shape index (κ1) is 14.0. The zero-order valence-corrected chi connectivity index (χ0v) is 11.8. The minimum Gasteiger partial charge on any atom is -0.383 e. The second-order valence-corrected chi connectivity index (χ2v) is 4.43. The summed E-state index contributed by atoms with van der Waals surface area (Å²) in [5, 5.41) is 4.21. The fourth-order valence-corrected chi connectivity index (χ4v) is 2.05. The van der Waals surface area contributed by atoms with Crippen molar-refractivity contribution in [3.8, 4) is 0 Å². The molecule has 106 valence electrons. The lowest BCUT2D eigenvalue weighted by Crippen LogP contribution is -2.28. The van der Waals surface area contributed by atoms with Crippen molar-refractivity contribution < 1.29 is 0 Å². The summed E-state index contributed by atoms with van der Waals surface area (Å²) in [4.78, 5) is 18.2. The van der Waals surface area contributed by atoms with Crippen molar-refractivity contribution in [2.24, 2.45) is 0 Å². The van der Waals surface area contributed by atoms with Crippen molar-refractivity contribution >= 4 is 11.5 Å². The molecule has 0 aliphatic carbocycles. The van der Waals surface area contributed by atoms with Crippen LogP contribution in [0, 0.1) is 0 Å². The highest BCUT2D eigenvalue weighted by Gasteiger charge is 2.07. The van der Waals surface area contributed by atoms with E-state index in [9.17, 15) is 4.79 Å². The van der Waals surface area contributed by atoms with Gasteiger partial charge in [-0.25, -0.2) is 9.67 Å². The van der Waals surface area contributed by atoms with Gasteiger partial charge in [0.25, 0.3) is 5.56 Å². The van der Waals surface area contributed by atoms with Crippen LogP contribution in [0.15, 0.2) is 35.4 Å². The van der Waals surface area contributed by atoms with Gasteiger partial charge in [0.2, 0.25) is 0 Å². The molecule has 0 unspecified atom stereocenters. The van der Waals surface area contributed by atoms with Crippen LogP contribution in [0.5, 0.6) is 0 Å². The Labute approximate surface area is 117 Å². The van der Waals surface area contributed by atoms with Crippen molar-refractivity contribution in [2.75, 3.05) is 23.7 Å². The molecule has 0 aromatic carbocycles. The predicted molar refractivity (Wildman–Crippen MR) is 79.8 cm³/mol. The summed E-state index contributed by atoms with van der Waals surface area (Å²) in [6, 6.07) is 5.24. The Kier molecular flexibility index (Phi) is 4.34. The van der Waals surface area contributed by atoms with Crippen LogP contribution in [0.4, 0.5) is 11.5 Å². The van der Waals surface area contributed by atoms with Crippen LogP contribution < -0.4 is 16.2 Å². The normalized spacial score (nSPS) is 10.5. The largest absolute Gasteiger partial charge is 0.383 e. The Morgan fingerprint density at radius 2 is 2.10 bits per heavy atom. The van der Waals surface area contributed by atoms with E-state index in [1.54, 1.807) is 24.5 Å². The Morgan fingerprint density at radius 1 is 1.35 bits per heavy atom. The third-order valence-corrected chi connectivity index (χ3v) is 3.23. The first-order valence-corrected chi connectivity index (χ1v) is 6.67. The number of rotatable bonds is 5. The van der Waals surface area contributed by atoms with Crippen LogP contribution in [0.3, 0.4) is 0 Å². The van der Waals surface area contributed by atoms with Gasteiger partial charge in [-0.3, -0.25) is 4.79 Å². The molecule has 0 saturated heterocycles. The van der Waals surface area contributed by atoms with Gasteiger partial charge in [-0.2, -0.15) is 5.10 Å². The molecule has 20 heavy (non-hydrogen) atoms. The minimum absolute atomic E-state index is 0.141. The second-order valence-electron chi connectivity index (χ2n) is 4.43. The summed E-state index contributed by atoms with van der Waals surface area (Å²) in [6.07, 6.45) is 3.33. The molecule has 0 bridgehead atoms. The summed E-state index contributed by atoms with van der Waals surface area (Å²) in [6.45, 7) is 6.11. The van der Waals surface area contributed by atoms with E-state index in [1.807, 2.05) is 19.9 Å². The molecule has 0 radical (unpaired) electrons. The van der Waals surface area contributed by atoms with Crippen LogP contribution in [0.2, 0.25) is 0 Å². The Morgan fingerprint density at radius 3 is 2.70 bits per heavy atom. The molecule has 0 spiro atoms. The standard InChI is InChI=1S/C14H19N5O/c1-3-18(4-2)12-8-13(20)19(17-9-12)10-11-6-5-7-16-14(11)15/h5-9H,3-4,10H2,1-2H3,(H2,15,16). The van der Waals surface area contributed by atoms with E-state index in [-0.39, 0.29) is 5.56 Å². The van der Waals surface area contributed by atoms with Crippen molar-refractivity contribution in [1.82, 2.24) is 14.8 Å². The molecule has 2 heterocycles. The zero-order valence-electron chi connectivity index (χ0n) is 11.8. The highest BCUT2D eigenvalue weighted by molar-refractivity contribution is 5.43. The topological polar surface area (TPSA) is 77.0 Å². The monoisotopic (exact) mass is 273 g/mol.